The van der Waals surface area contributed by atoms with Crippen LogP contribution in [-0.4, -0.2) is 29.0 Å². The number of anilines is 1. The molecule has 8 heteroatoms. The topological polar surface area (TPSA) is 49.4 Å². The second-order valence-electron chi connectivity index (χ2n) is 6.24. The second kappa shape index (κ2) is 7.64. The van der Waals surface area contributed by atoms with Crippen molar-refractivity contribution in [1.29, 1.82) is 0 Å². The zero-order valence-corrected chi connectivity index (χ0v) is 15.2. The number of thioether (sulfide) groups is 1. The number of halogens is 3. The van der Waals surface area contributed by atoms with E-state index in [2.05, 4.69) is 5.32 Å². The van der Waals surface area contributed by atoms with E-state index in [9.17, 15) is 22.8 Å². The lowest BCUT2D eigenvalue weighted by molar-refractivity contribution is -0.137. The molecule has 142 valence electrons. The van der Waals surface area contributed by atoms with E-state index in [1.54, 1.807) is 13.1 Å². The summed E-state index contributed by atoms with van der Waals surface area (Å²) in [6.07, 6.45) is -4.37. The molecule has 2 aromatic carbocycles. The minimum atomic E-state index is -4.39. The van der Waals surface area contributed by atoms with Crippen molar-refractivity contribution in [2.45, 2.75) is 29.3 Å². The first kappa shape index (κ1) is 19.3. The van der Waals surface area contributed by atoms with Crippen molar-refractivity contribution in [3.05, 3.63) is 59.7 Å². The Hall–Kier alpha value is -2.48. The van der Waals surface area contributed by atoms with Crippen molar-refractivity contribution in [1.82, 2.24) is 4.90 Å². The fourth-order valence-corrected chi connectivity index (χ4v) is 3.80. The summed E-state index contributed by atoms with van der Waals surface area (Å²) in [6, 6.07) is 12.1. The van der Waals surface area contributed by atoms with E-state index in [1.165, 1.54) is 28.8 Å². The van der Waals surface area contributed by atoms with Crippen LogP contribution in [0, 0.1) is 0 Å². The van der Waals surface area contributed by atoms with Gasteiger partial charge in [0.05, 0.1) is 16.5 Å². The molecule has 1 unspecified atom stereocenters. The number of nitrogens with zero attached hydrogens (tertiary/aromatic N) is 1. The molecule has 0 radical (unpaired) electrons. The SMILES string of the molecule is CN(Cc1ccc(C(F)(F)F)cc1)C(=O)CC1Sc2ccccc2NC1=O. The quantitative estimate of drug-likeness (QED) is 0.847. The number of para-hydroxylation sites is 1. The number of rotatable bonds is 4. The molecule has 0 saturated heterocycles. The molecule has 1 aliphatic heterocycles. The first-order valence-electron chi connectivity index (χ1n) is 8.20. The van der Waals surface area contributed by atoms with Gasteiger partial charge in [0.2, 0.25) is 11.8 Å². The van der Waals surface area contributed by atoms with Gasteiger partial charge >= 0.3 is 6.18 Å². The third-order valence-electron chi connectivity index (χ3n) is 4.19. The van der Waals surface area contributed by atoms with Gasteiger partial charge in [-0.1, -0.05) is 24.3 Å². The highest BCUT2D eigenvalue weighted by atomic mass is 32.2. The van der Waals surface area contributed by atoms with Crippen LogP contribution < -0.4 is 5.32 Å². The van der Waals surface area contributed by atoms with Crippen molar-refractivity contribution in [2.75, 3.05) is 12.4 Å². The predicted molar refractivity (Wildman–Crippen MR) is 97.3 cm³/mol. The lowest BCUT2D eigenvalue weighted by Gasteiger charge is -2.25. The summed E-state index contributed by atoms with van der Waals surface area (Å²) < 4.78 is 37.8. The van der Waals surface area contributed by atoms with Gasteiger partial charge in [-0.25, -0.2) is 0 Å². The van der Waals surface area contributed by atoms with Crippen LogP contribution in [0.25, 0.3) is 0 Å². The van der Waals surface area contributed by atoms with E-state index in [0.29, 0.717) is 5.56 Å². The predicted octanol–water partition coefficient (Wildman–Crippen LogP) is 4.17. The number of hydrogen-bond acceptors (Lipinski definition) is 3. The number of carbonyl (C=O) groups excluding carboxylic acids is 2. The molecule has 27 heavy (non-hydrogen) atoms. The summed E-state index contributed by atoms with van der Waals surface area (Å²) in [6.45, 7) is 0.173. The molecule has 1 N–H and O–H groups in total. The molecule has 0 fully saturated rings. The Kier molecular flexibility index (Phi) is 5.46. The summed E-state index contributed by atoms with van der Waals surface area (Å²) in [4.78, 5) is 27.0. The molecule has 1 heterocycles. The molecule has 0 bridgehead atoms. The van der Waals surface area contributed by atoms with E-state index in [4.69, 9.17) is 0 Å². The molecule has 0 aliphatic carbocycles. The maximum absolute atomic E-state index is 12.6. The number of carbonyl (C=O) groups is 2. The van der Waals surface area contributed by atoms with Gasteiger partial charge in [0.1, 0.15) is 0 Å². The molecule has 0 aromatic heterocycles. The normalized spacial score (nSPS) is 16.4. The van der Waals surface area contributed by atoms with Crippen LogP contribution in [0.15, 0.2) is 53.4 Å². The van der Waals surface area contributed by atoms with Crippen LogP contribution >= 0.6 is 11.8 Å². The Bertz CT molecular complexity index is 853. The number of alkyl halides is 3. The number of fused-ring (bicyclic) bond motifs is 1. The Balaban J connectivity index is 1.60. The summed E-state index contributed by atoms with van der Waals surface area (Å²) >= 11 is 1.34. The van der Waals surface area contributed by atoms with Crippen molar-refractivity contribution >= 4 is 29.3 Å². The molecule has 2 amide bonds. The Morgan fingerprint density at radius 1 is 1.15 bits per heavy atom. The van der Waals surface area contributed by atoms with Gasteiger partial charge in [-0.15, -0.1) is 11.8 Å². The third-order valence-corrected chi connectivity index (χ3v) is 5.47. The van der Waals surface area contributed by atoms with Crippen LogP contribution in [0.3, 0.4) is 0 Å². The lowest BCUT2D eigenvalue weighted by atomic mass is 10.1. The highest BCUT2D eigenvalue weighted by molar-refractivity contribution is 8.01. The molecule has 1 atom stereocenters. The minimum absolute atomic E-state index is 0.0158. The van der Waals surface area contributed by atoms with Gasteiger partial charge in [0.15, 0.2) is 0 Å². The van der Waals surface area contributed by atoms with E-state index in [1.807, 2.05) is 18.2 Å². The zero-order chi connectivity index (χ0) is 19.6. The highest BCUT2D eigenvalue weighted by Gasteiger charge is 2.31. The molecule has 2 aromatic rings. The molecule has 4 nitrogen and oxygen atoms in total. The number of nitrogens with one attached hydrogen (secondary N) is 1. The standard InChI is InChI=1S/C19H17F3N2O2S/c1-24(11-12-6-8-13(9-7-12)19(20,21)22)17(25)10-16-18(26)23-14-4-2-3-5-15(14)27-16/h2-9,16H,10-11H2,1H3,(H,23,26). The molecular formula is C19H17F3N2O2S. The van der Waals surface area contributed by atoms with Crippen LogP contribution in [0.2, 0.25) is 0 Å². The average molecular weight is 394 g/mol. The average Bonchev–Trinajstić information content (AvgIpc) is 2.62. The molecule has 1 aliphatic rings. The molecule has 3 rings (SSSR count). The number of hydrogen-bond donors (Lipinski definition) is 1. The summed E-state index contributed by atoms with van der Waals surface area (Å²) in [5.41, 5.74) is 0.591. The Morgan fingerprint density at radius 2 is 1.81 bits per heavy atom. The van der Waals surface area contributed by atoms with E-state index in [-0.39, 0.29) is 24.8 Å². The van der Waals surface area contributed by atoms with Crippen LogP contribution in [0.4, 0.5) is 18.9 Å². The van der Waals surface area contributed by atoms with Crippen molar-refractivity contribution < 1.29 is 22.8 Å². The fraction of sp³-hybridized carbons (Fsp3) is 0.263. The van der Waals surface area contributed by atoms with Crippen molar-refractivity contribution in [2.24, 2.45) is 0 Å². The Labute approximate surface area is 158 Å². The molecule has 0 saturated carbocycles. The third kappa shape index (κ3) is 4.63. The van der Waals surface area contributed by atoms with Gasteiger partial charge < -0.3 is 10.2 Å². The smallest absolute Gasteiger partial charge is 0.341 e. The van der Waals surface area contributed by atoms with E-state index >= 15 is 0 Å². The highest BCUT2D eigenvalue weighted by Crippen LogP contribution is 2.36. The van der Waals surface area contributed by atoms with Crippen molar-refractivity contribution in [3.63, 3.8) is 0 Å². The zero-order valence-electron chi connectivity index (χ0n) is 14.4. The molecule has 0 spiro atoms. The first-order chi connectivity index (χ1) is 12.7. The fourth-order valence-electron chi connectivity index (χ4n) is 2.70. The minimum Gasteiger partial charge on any atom is -0.341 e. The summed E-state index contributed by atoms with van der Waals surface area (Å²) in [5.74, 6) is -0.475. The van der Waals surface area contributed by atoms with Gasteiger partial charge in [0.25, 0.3) is 0 Å². The molecular weight excluding hydrogens is 377 g/mol. The van der Waals surface area contributed by atoms with Gasteiger partial charge in [-0.3, -0.25) is 9.59 Å². The van der Waals surface area contributed by atoms with E-state index in [0.717, 1.165) is 22.7 Å². The second-order valence-corrected chi connectivity index (χ2v) is 7.49. The number of benzene rings is 2. The largest absolute Gasteiger partial charge is 0.416 e. The maximum atomic E-state index is 12.6. The van der Waals surface area contributed by atoms with Gasteiger partial charge in [-0.05, 0) is 29.8 Å². The maximum Gasteiger partial charge on any atom is 0.416 e. The lowest BCUT2D eigenvalue weighted by Crippen LogP contribution is -2.35. The first-order valence-corrected chi connectivity index (χ1v) is 9.08. The van der Waals surface area contributed by atoms with Crippen molar-refractivity contribution in [3.8, 4) is 0 Å². The number of amides is 2. The van der Waals surface area contributed by atoms with Crippen LogP contribution in [0.1, 0.15) is 17.5 Å². The monoisotopic (exact) mass is 394 g/mol. The summed E-state index contributed by atoms with van der Waals surface area (Å²) in [7, 11) is 1.57. The van der Waals surface area contributed by atoms with Gasteiger partial charge in [0, 0.05) is 24.9 Å². The van der Waals surface area contributed by atoms with E-state index < -0.39 is 17.0 Å². The van der Waals surface area contributed by atoms with Crippen LogP contribution in [-0.2, 0) is 22.3 Å². The van der Waals surface area contributed by atoms with Gasteiger partial charge in [-0.2, -0.15) is 13.2 Å². The van der Waals surface area contributed by atoms with Crippen LogP contribution in [0.5, 0.6) is 0 Å². The Morgan fingerprint density at radius 3 is 2.48 bits per heavy atom. The summed E-state index contributed by atoms with van der Waals surface area (Å²) in [5, 5.41) is 2.25.